The van der Waals surface area contributed by atoms with Crippen molar-refractivity contribution in [1.29, 1.82) is 0 Å². The van der Waals surface area contributed by atoms with E-state index in [9.17, 15) is 44.4 Å². The highest BCUT2D eigenvalue weighted by Gasteiger charge is 2.51. The number of benzene rings is 3. The fourth-order valence-corrected chi connectivity index (χ4v) is 11.4. The van der Waals surface area contributed by atoms with Crippen LogP contribution in [-0.4, -0.2) is 122 Å². The van der Waals surface area contributed by atoms with E-state index in [-0.39, 0.29) is 67.8 Å². The number of nitrogens with one attached hydrogen (secondary N) is 1. The molecule has 0 aromatic heterocycles. The van der Waals surface area contributed by atoms with Gasteiger partial charge in [0.2, 0.25) is 5.91 Å². The van der Waals surface area contributed by atoms with E-state index in [1.54, 1.807) is 69.9 Å². The zero-order chi connectivity index (χ0) is 54.3. The number of hydrogen-bond acceptors (Lipinski definition) is 15. The number of allylic oxidation sites excluding steroid dienone is 3. The first-order valence-electron chi connectivity index (χ1n) is 26.5. The lowest BCUT2D eigenvalue weighted by atomic mass is 9.79. The van der Waals surface area contributed by atoms with Gasteiger partial charge >= 0.3 is 11.8 Å². The lowest BCUT2D eigenvalue weighted by Gasteiger charge is -2.38. The van der Waals surface area contributed by atoms with Crippen LogP contribution in [0, 0.1) is 42.4 Å². The highest BCUT2D eigenvalue weighted by atomic mass is 16.7. The summed E-state index contributed by atoms with van der Waals surface area (Å²) in [7, 11) is 0. The number of piperidine rings is 2. The number of phenolic OH excluding ortho intramolecular Hbond substituents is 2. The number of fused-ring (bicyclic) bond motifs is 13. The highest BCUT2D eigenvalue weighted by Crippen LogP contribution is 2.51. The number of phenols is 2. The number of Topliss-reactive ketones (excluding diaryl/α,β-unsaturated/α-hetero) is 2. The molecular formula is C58H73N5O12. The Hall–Kier alpha value is -6.43. The Morgan fingerprint density at radius 2 is 1.59 bits per heavy atom. The van der Waals surface area contributed by atoms with Gasteiger partial charge in [-0.3, -0.25) is 29.0 Å². The van der Waals surface area contributed by atoms with Gasteiger partial charge in [0.25, 0.3) is 11.7 Å². The maximum absolute atomic E-state index is 14.9. The summed E-state index contributed by atoms with van der Waals surface area (Å²) >= 11 is 0. The van der Waals surface area contributed by atoms with Gasteiger partial charge in [0.1, 0.15) is 40.4 Å². The van der Waals surface area contributed by atoms with Crippen molar-refractivity contribution in [3.8, 4) is 17.2 Å². The molecule has 0 saturated carbocycles. The van der Waals surface area contributed by atoms with Crippen LogP contribution in [0.1, 0.15) is 120 Å². The average molecular weight is 1030 g/mol. The molecule has 6 aliphatic rings. The van der Waals surface area contributed by atoms with Crippen LogP contribution in [0.25, 0.3) is 10.8 Å². The summed E-state index contributed by atoms with van der Waals surface area (Å²) in [6.45, 7) is 18.8. The SMILES string of the molecule is C/C1=C/C=C/[C@H](C)[C@H](O)[C@@H](C)[C@@H](O)[C@@H](C)[C@H](OC(=O)CC(=O)N2CCC(C(=O)c3ccccc3)CC2)[C@H](C)C/C=C/O[C@@]2(C)Oc3c(C)c(O)c4c(O)c(c5c(c4c3C2=O)NC2(CCN(CC(C)C)CC2)N=5)=NC1=O. The molecule has 2 amide bonds. The summed E-state index contributed by atoms with van der Waals surface area (Å²) in [5.41, 5.74) is 0.429. The van der Waals surface area contributed by atoms with Gasteiger partial charge in [0, 0.05) is 98.2 Å². The molecule has 17 heteroatoms. The summed E-state index contributed by atoms with van der Waals surface area (Å²) < 4.78 is 18.6. The number of rotatable bonds is 7. The minimum atomic E-state index is -1.96. The van der Waals surface area contributed by atoms with Crippen molar-refractivity contribution in [1.82, 2.24) is 9.80 Å². The van der Waals surface area contributed by atoms with E-state index < -0.39 is 89.2 Å². The summed E-state index contributed by atoms with van der Waals surface area (Å²) in [5.74, 6) is -7.72. The van der Waals surface area contributed by atoms with E-state index in [1.807, 2.05) is 25.1 Å². The Bertz CT molecular complexity index is 2950. The minimum Gasteiger partial charge on any atom is -0.507 e. The van der Waals surface area contributed by atoms with Crippen LogP contribution in [0.4, 0.5) is 5.69 Å². The molecule has 2 fully saturated rings. The number of likely N-dealkylation sites (tertiary alicyclic amines) is 2. The second kappa shape index (κ2) is 22.0. The van der Waals surface area contributed by atoms with E-state index in [4.69, 9.17) is 19.2 Å². The number of amides is 2. The summed E-state index contributed by atoms with van der Waals surface area (Å²) in [6, 6.07) is 9.03. The Labute approximate surface area is 438 Å². The van der Waals surface area contributed by atoms with Gasteiger partial charge in [-0.25, -0.2) is 4.99 Å². The summed E-state index contributed by atoms with van der Waals surface area (Å²) in [4.78, 5) is 82.8. The molecule has 5 N–H and O–H groups in total. The fourth-order valence-electron chi connectivity index (χ4n) is 11.4. The van der Waals surface area contributed by atoms with Crippen LogP contribution in [0.5, 0.6) is 17.2 Å². The Morgan fingerprint density at radius 1 is 0.907 bits per heavy atom. The average Bonchev–Trinajstić information content (AvgIpc) is 3.89. The van der Waals surface area contributed by atoms with Crippen molar-refractivity contribution >= 4 is 45.8 Å². The molecule has 17 nitrogen and oxygen atoms in total. The third kappa shape index (κ3) is 11.0. The molecule has 9 rings (SSSR count). The summed E-state index contributed by atoms with van der Waals surface area (Å²) in [6.07, 6.45) is 6.18. The van der Waals surface area contributed by atoms with Crippen molar-refractivity contribution in [2.45, 2.75) is 131 Å². The number of esters is 1. The molecule has 6 heterocycles. The predicted octanol–water partition coefficient (Wildman–Crippen LogP) is 6.62. The number of hydrogen-bond donors (Lipinski definition) is 5. The molecule has 0 unspecified atom stereocenters. The molecule has 0 radical (unpaired) electrons. The molecule has 3 aromatic carbocycles. The zero-order valence-electron chi connectivity index (χ0n) is 44.6. The number of carbonyl (C=O) groups is 5. The largest absolute Gasteiger partial charge is 0.507 e. The lowest BCUT2D eigenvalue weighted by Crippen LogP contribution is -2.47. The second-order valence-corrected chi connectivity index (χ2v) is 22.1. The first-order chi connectivity index (χ1) is 35.5. The molecule has 75 heavy (non-hydrogen) atoms. The van der Waals surface area contributed by atoms with Crippen LogP contribution < -0.4 is 20.8 Å². The molecule has 1 spiro atoms. The van der Waals surface area contributed by atoms with Crippen molar-refractivity contribution in [3.05, 3.63) is 93.9 Å². The second-order valence-electron chi connectivity index (χ2n) is 22.1. The Balaban J connectivity index is 1.11. The van der Waals surface area contributed by atoms with Crippen molar-refractivity contribution in [3.63, 3.8) is 0 Å². The molecule has 3 aromatic rings. The van der Waals surface area contributed by atoms with E-state index in [0.717, 1.165) is 6.54 Å². The number of anilines is 1. The van der Waals surface area contributed by atoms with Crippen LogP contribution in [0.3, 0.4) is 0 Å². The maximum atomic E-state index is 14.9. The first kappa shape index (κ1) is 54.8. The third-order valence-corrected chi connectivity index (χ3v) is 16.0. The van der Waals surface area contributed by atoms with Gasteiger partial charge in [-0.15, -0.1) is 0 Å². The molecule has 402 valence electrons. The monoisotopic (exact) mass is 1030 g/mol. The third-order valence-electron chi connectivity index (χ3n) is 16.0. The molecule has 0 aliphatic carbocycles. The Kier molecular flexibility index (Phi) is 16.1. The first-order valence-corrected chi connectivity index (χ1v) is 26.5. The van der Waals surface area contributed by atoms with E-state index in [2.05, 4.69) is 29.1 Å². The molecule has 5 bridgehead atoms. The molecule has 8 atom stereocenters. The highest BCUT2D eigenvalue weighted by molar-refractivity contribution is 6.21. The number of ketones is 2. The number of nitrogens with zero attached hydrogens (tertiary/aromatic N) is 4. The standard InChI is InChI=1S/C58H73N5O12/c1-31(2)30-62-26-22-58(23-27-62)60-45-42-43-50(68)37(8)54-44(42)55(71)57(9,75-54)73-28-14-17-33(4)53(74-41(65)29-40(64)63-24-20-39(21-25-63)51(69)38-18-11-10-12-19-38)36(7)49(67)35(6)48(66)32(3)15-13-16-34(5)56(72)59-47(52(43)70)46(45)61-58/h10-16,18-19,28,31-33,35-36,39,48-49,53,60,66-68,70H,17,20-27,29-30H2,1-9H3/b15-13+,28-14+,34-16-,59-47?/t32-,33+,35+,36+,48-,49+,53+,57-/m0/s1. The molecular weight excluding hydrogens is 959 g/mol. The molecule has 6 aliphatic heterocycles. The lowest BCUT2D eigenvalue weighted by molar-refractivity contribution is -0.162. The maximum Gasteiger partial charge on any atom is 0.315 e. The number of aromatic hydroxyl groups is 2. The van der Waals surface area contributed by atoms with Crippen molar-refractivity contribution < 1.29 is 58.6 Å². The number of aliphatic hydroxyl groups is 2. The number of ether oxygens (including phenoxy) is 3. The van der Waals surface area contributed by atoms with Crippen LogP contribution in [0.2, 0.25) is 0 Å². The molecule has 2 saturated heterocycles. The Morgan fingerprint density at radius 3 is 2.25 bits per heavy atom. The quantitative estimate of drug-likeness (QED) is 0.0725. The van der Waals surface area contributed by atoms with Gasteiger partial charge < -0.3 is 49.8 Å². The van der Waals surface area contributed by atoms with Crippen LogP contribution in [-0.2, 0) is 23.9 Å². The number of aliphatic hydroxyl groups excluding tert-OH is 2. The van der Waals surface area contributed by atoms with Crippen molar-refractivity contribution in [2.24, 2.45) is 45.5 Å². The van der Waals surface area contributed by atoms with Gasteiger partial charge in [-0.1, -0.05) is 90.1 Å². The van der Waals surface area contributed by atoms with Gasteiger partial charge in [-0.2, -0.15) is 0 Å². The zero-order valence-corrected chi connectivity index (χ0v) is 44.6. The van der Waals surface area contributed by atoms with E-state index >= 15 is 0 Å². The summed E-state index contributed by atoms with van der Waals surface area (Å²) in [5, 5.41) is 51.2. The van der Waals surface area contributed by atoms with Crippen molar-refractivity contribution in [2.75, 3.05) is 38.0 Å². The van der Waals surface area contributed by atoms with Gasteiger partial charge in [-0.05, 0) is 51.0 Å². The van der Waals surface area contributed by atoms with Gasteiger partial charge in [0.15, 0.2) is 11.5 Å². The normalized spacial score (nSPS) is 29.1. The minimum absolute atomic E-state index is 0.0267. The topological polar surface area (TPSA) is 237 Å². The predicted molar refractivity (Wildman–Crippen MR) is 281 cm³/mol. The van der Waals surface area contributed by atoms with Crippen LogP contribution >= 0.6 is 0 Å². The van der Waals surface area contributed by atoms with Crippen LogP contribution in [0.15, 0.2) is 76.5 Å². The fraction of sp³-hybridized carbons (Fsp3) is 0.534. The van der Waals surface area contributed by atoms with E-state index in [0.29, 0.717) is 69.0 Å². The van der Waals surface area contributed by atoms with E-state index in [1.165, 1.54) is 19.3 Å². The smallest absolute Gasteiger partial charge is 0.315 e. The van der Waals surface area contributed by atoms with Gasteiger partial charge in [0.05, 0.1) is 35.1 Å². The number of carbonyl (C=O) groups excluding carboxylic acids is 5.